The van der Waals surface area contributed by atoms with E-state index in [0.717, 1.165) is 42.1 Å². The Morgan fingerprint density at radius 1 is 0.824 bits per heavy atom. The number of piperidine rings is 1. The normalized spacial score (nSPS) is 54.2. The molecule has 5 fully saturated rings. The molecule has 0 aromatic heterocycles. The van der Waals surface area contributed by atoms with Crippen molar-refractivity contribution in [1.29, 1.82) is 0 Å². The van der Waals surface area contributed by atoms with Gasteiger partial charge >= 0.3 is 0 Å². The third-order valence-electron chi connectivity index (χ3n) is 6.33. The van der Waals surface area contributed by atoms with Crippen LogP contribution in [0.1, 0.15) is 44.9 Å². The number of hydrogen-bond acceptors (Lipinski definition) is 2. The van der Waals surface area contributed by atoms with Crippen LogP contribution in [0.3, 0.4) is 0 Å². The van der Waals surface area contributed by atoms with Gasteiger partial charge < -0.3 is 0 Å². The Bertz CT molecular complexity index is 273. The molecule has 4 bridgehead atoms. The lowest BCUT2D eigenvalue weighted by Crippen LogP contribution is -2.52. The summed E-state index contributed by atoms with van der Waals surface area (Å²) in [7, 11) is 0. The van der Waals surface area contributed by atoms with Gasteiger partial charge in [-0.3, -0.25) is 5.84 Å². The van der Waals surface area contributed by atoms with Crippen molar-refractivity contribution in [2.45, 2.75) is 44.9 Å². The molecule has 0 aromatic rings. The van der Waals surface area contributed by atoms with Crippen LogP contribution in [-0.4, -0.2) is 18.1 Å². The van der Waals surface area contributed by atoms with E-state index >= 15 is 0 Å². The molecule has 5 rings (SSSR count). The van der Waals surface area contributed by atoms with E-state index in [9.17, 15) is 0 Å². The molecule has 1 saturated heterocycles. The smallest absolute Gasteiger partial charge is 0.0159 e. The minimum absolute atomic E-state index is 0.934. The Balaban J connectivity index is 1.53. The largest absolute Gasteiger partial charge is 0.269 e. The Hall–Kier alpha value is -0.0800. The van der Waals surface area contributed by atoms with Crippen LogP contribution < -0.4 is 5.84 Å². The van der Waals surface area contributed by atoms with Crippen LogP contribution in [-0.2, 0) is 0 Å². The molecule has 4 saturated carbocycles. The number of rotatable bonds is 1. The monoisotopic (exact) mass is 234 g/mol. The third-order valence-corrected chi connectivity index (χ3v) is 6.33. The average Bonchev–Trinajstić information content (AvgIpc) is 2.27. The molecule has 0 radical (unpaired) electrons. The fourth-order valence-corrected chi connectivity index (χ4v) is 6.09. The zero-order valence-electron chi connectivity index (χ0n) is 10.9. The Morgan fingerprint density at radius 2 is 1.47 bits per heavy atom. The molecule has 1 aliphatic heterocycles. The van der Waals surface area contributed by atoms with Gasteiger partial charge in [0.05, 0.1) is 0 Å². The molecule has 4 aliphatic carbocycles. The van der Waals surface area contributed by atoms with Gasteiger partial charge in [-0.2, -0.15) is 0 Å². The second-order valence-corrected chi connectivity index (χ2v) is 7.41. The van der Waals surface area contributed by atoms with Gasteiger partial charge in [0.15, 0.2) is 0 Å². The van der Waals surface area contributed by atoms with E-state index in [1.54, 1.807) is 32.1 Å². The summed E-state index contributed by atoms with van der Waals surface area (Å²) >= 11 is 0. The van der Waals surface area contributed by atoms with E-state index in [2.05, 4.69) is 5.01 Å². The summed E-state index contributed by atoms with van der Waals surface area (Å²) in [6.07, 6.45) is 10.6. The van der Waals surface area contributed by atoms with Gasteiger partial charge in [0, 0.05) is 13.1 Å². The van der Waals surface area contributed by atoms with E-state index in [-0.39, 0.29) is 0 Å². The predicted molar refractivity (Wildman–Crippen MR) is 69.0 cm³/mol. The fraction of sp³-hybridized carbons (Fsp3) is 1.00. The van der Waals surface area contributed by atoms with Crippen LogP contribution >= 0.6 is 0 Å². The summed E-state index contributed by atoms with van der Waals surface area (Å²) in [6, 6.07) is 0. The summed E-state index contributed by atoms with van der Waals surface area (Å²) in [5.74, 6) is 12.4. The number of hydrazine groups is 1. The predicted octanol–water partition coefficient (Wildman–Crippen LogP) is 2.64. The van der Waals surface area contributed by atoms with Crippen molar-refractivity contribution >= 4 is 0 Å². The van der Waals surface area contributed by atoms with Gasteiger partial charge in [-0.1, -0.05) is 0 Å². The molecular weight excluding hydrogens is 208 g/mol. The second kappa shape index (κ2) is 3.96. The molecule has 96 valence electrons. The van der Waals surface area contributed by atoms with Crippen LogP contribution in [0.25, 0.3) is 0 Å². The van der Waals surface area contributed by atoms with Crippen molar-refractivity contribution in [3.63, 3.8) is 0 Å². The van der Waals surface area contributed by atoms with Gasteiger partial charge in [-0.15, -0.1) is 0 Å². The summed E-state index contributed by atoms with van der Waals surface area (Å²) in [5, 5.41) is 2.10. The topological polar surface area (TPSA) is 29.3 Å². The highest BCUT2D eigenvalue weighted by atomic mass is 15.4. The van der Waals surface area contributed by atoms with Gasteiger partial charge in [-0.25, -0.2) is 5.01 Å². The van der Waals surface area contributed by atoms with Crippen molar-refractivity contribution in [1.82, 2.24) is 5.01 Å². The Kier molecular flexibility index (Phi) is 2.52. The summed E-state index contributed by atoms with van der Waals surface area (Å²) < 4.78 is 0. The minimum Gasteiger partial charge on any atom is -0.269 e. The highest BCUT2D eigenvalue weighted by Gasteiger charge is 2.50. The SMILES string of the molecule is NN1CCCC(C2C3CC4CC(C3)CC2C4)C1. The quantitative estimate of drug-likeness (QED) is 0.707. The summed E-state index contributed by atoms with van der Waals surface area (Å²) in [5.41, 5.74) is 0. The standard InChI is InChI=1S/C15H26N2/c16-17-3-1-2-12(9-17)15-13-5-10-4-11(7-13)8-14(15)6-10/h10-15H,1-9,16H2. The molecule has 1 heterocycles. The van der Waals surface area contributed by atoms with Crippen molar-refractivity contribution in [3.05, 3.63) is 0 Å². The van der Waals surface area contributed by atoms with Crippen molar-refractivity contribution < 1.29 is 0 Å². The molecule has 1 unspecified atom stereocenters. The molecule has 2 heteroatoms. The van der Waals surface area contributed by atoms with Crippen molar-refractivity contribution in [2.75, 3.05) is 13.1 Å². The maximum absolute atomic E-state index is 6.05. The van der Waals surface area contributed by atoms with E-state index in [1.165, 1.54) is 19.4 Å². The van der Waals surface area contributed by atoms with E-state index in [4.69, 9.17) is 5.84 Å². The van der Waals surface area contributed by atoms with Crippen LogP contribution in [0, 0.1) is 35.5 Å². The van der Waals surface area contributed by atoms with Gasteiger partial charge in [0.25, 0.3) is 0 Å². The lowest BCUT2D eigenvalue weighted by molar-refractivity contribution is -0.0744. The highest BCUT2D eigenvalue weighted by Crippen LogP contribution is 2.59. The van der Waals surface area contributed by atoms with Crippen LogP contribution in [0.15, 0.2) is 0 Å². The van der Waals surface area contributed by atoms with E-state index in [0.29, 0.717) is 0 Å². The highest BCUT2D eigenvalue weighted by molar-refractivity contribution is 5.00. The molecule has 5 aliphatic rings. The van der Waals surface area contributed by atoms with Crippen molar-refractivity contribution in [3.8, 4) is 0 Å². The molecule has 0 spiro atoms. The summed E-state index contributed by atoms with van der Waals surface area (Å²) in [4.78, 5) is 0. The lowest BCUT2D eigenvalue weighted by atomic mass is 9.49. The Labute approximate surface area is 105 Å². The van der Waals surface area contributed by atoms with E-state index in [1.807, 2.05) is 0 Å². The molecule has 2 N–H and O–H groups in total. The van der Waals surface area contributed by atoms with Gasteiger partial charge in [0.1, 0.15) is 0 Å². The van der Waals surface area contributed by atoms with Crippen LogP contribution in [0.5, 0.6) is 0 Å². The average molecular weight is 234 g/mol. The molecule has 1 atom stereocenters. The molecule has 0 aromatic carbocycles. The minimum atomic E-state index is 0.934. The zero-order valence-corrected chi connectivity index (χ0v) is 10.9. The molecular formula is C15H26N2. The van der Waals surface area contributed by atoms with Crippen LogP contribution in [0.2, 0.25) is 0 Å². The molecule has 2 nitrogen and oxygen atoms in total. The summed E-state index contributed by atoms with van der Waals surface area (Å²) in [6.45, 7) is 2.32. The number of nitrogens with two attached hydrogens (primary N) is 1. The first-order valence-electron chi connectivity index (χ1n) is 7.79. The third kappa shape index (κ3) is 1.76. The first kappa shape index (κ1) is 10.8. The maximum Gasteiger partial charge on any atom is 0.0159 e. The first-order valence-corrected chi connectivity index (χ1v) is 7.79. The van der Waals surface area contributed by atoms with Crippen molar-refractivity contribution in [2.24, 2.45) is 41.4 Å². The van der Waals surface area contributed by atoms with Crippen LogP contribution in [0.4, 0.5) is 0 Å². The van der Waals surface area contributed by atoms with E-state index < -0.39 is 0 Å². The lowest BCUT2D eigenvalue weighted by Gasteiger charge is -2.57. The number of nitrogens with zero attached hydrogens (tertiary/aromatic N) is 1. The second-order valence-electron chi connectivity index (χ2n) is 7.41. The zero-order chi connectivity index (χ0) is 11.4. The van der Waals surface area contributed by atoms with Gasteiger partial charge in [0.2, 0.25) is 0 Å². The Morgan fingerprint density at radius 3 is 2.06 bits per heavy atom. The molecule has 0 amide bonds. The fourth-order valence-electron chi connectivity index (χ4n) is 6.09. The first-order chi connectivity index (χ1) is 8.29. The number of hydrogen-bond donors (Lipinski definition) is 1. The van der Waals surface area contributed by atoms with Gasteiger partial charge in [-0.05, 0) is 80.5 Å². The molecule has 17 heavy (non-hydrogen) atoms. The maximum atomic E-state index is 6.05.